The van der Waals surface area contributed by atoms with E-state index in [1.54, 1.807) is 11.0 Å². The van der Waals surface area contributed by atoms with Gasteiger partial charge in [-0.3, -0.25) is 4.79 Å². The molecule has 1 fully saturated rings. The van der Waals surface area contributed by atoms with Crippen LogP contribution in [-0.2, 0) is 9.53 Å². The summed E-state index contributed by atoms with van der Waals surface area (Å²) in [6.45, 7) is 8.86. The molecule has 1 saturated heterocycles. The molecule has 4 nitrogen and oxygen atoms in total. The van der Waals surface area contributed by atoms with Crippen molar-refractivity contribution >= 4 is 46.4 Å². The summed E-state index contributed by atoms with van der Waals surface area (Å²) in [6.07, 6.45) is 0.952. The summed E-state index contributed by atoms with van der Waals surface area (Å²) in [6, 6.07) is 11.5. The van der Waals surface area contributed by atoms with Crippen molar-refractivity contribution < 1.29 is 14.3 Å². The topological polar surface area (TPSA) is 38.8 Å². The van der Waals surface area contributed by atoms with Crippen molar-refractivity contribution in [1.82, 2.24) is 4.90 Å². The lowest BCUT2D eigenvalue weighted by molar-refractivity contribution is -0.128. The number of carbonyl (C=O) groups is 1. The van der Waals surface area contributed by atoms with Crippen LogP contribution < -0.4 is 4.74 Å². The van der Waals surface area contributed by atoms with Crippen LogP contribution >= 0.6 is 35.0 Å². The molecule has 1 aliphatic heterocycles. The molecular formula is C22H23Cl2NO3S. The highest BCUT2D eigenvalue weighted by molar-refractivity contribution is 7.99. The molecule has 2 aromatic carbocycles. The normalized spacial score (nSPS) is 14.0. The number of ether oxygens (including phenoxy) is 2. The molecule has 154 valence electrons. The van der Waals surface area contributed by atoms with Gasteiger partial charge in [0.2, 0.25) is 0 Å². The zero-order chi connectivity index (χ0) is 20.8. The van der Waals surface area contributed by atoms with Crippen LogP contribution in [0.25, 0.3) is 5.57 Å². The summed E-state index contributed by atoms with van der Waals surface area (Å²) < 4.78 is 11.0. The Kier molecular flexibility index (Phi) is 7.90. The minimum atomic E-state index is -0.146. The van der Waals surface area contributed by atoms with E-state index < -0.39 is 0 Å². The molecule has 29 heavy (non-hydrogen) atoms. The molecule has 0 N–H and O–H groups in total. The molecule has 7 heteroatoms. The van der Waals surface area contributed by atoms with Crippen LogP contribution in [0.15, 0.2) is 52.8 Å². The van der Waals surface area contributed by atoms with Crippen LogP contribution in [0, 0.1) is 0 Å². The second-order valence-electron chi connectivity index (χ2n) is 6.55. The number of carbonyl (C=O) groups excluding carboxylic acids is 1. The van der Waals surface area contributed by atoms with Gasteiger partial charge < -0.3 is 14.4 Å². The summed E-state index contributed by atoms with van der Waals surface area (Å²) in [7, 11) is 0. The molecule has 0 saturated carbocycles. The summed E-state index contributed by atoms with van der Waals surface area (Å²) in [4.78, 5) is 16.2. The molecule has 0 spiro atoms. The molecule has 1 aliphatic rings. The first-order valence-electron chi connectivity index (χ1n) is 9.46. The highest BCUT2D eigenvalue weighted by Crippen LogP contribution is 2.41. The van der Waals surface area contributed by atoms with Gasteiger partial charge in [-0.05, 0) is 30.7 Å². The van der Waals surface area contributed by atoms with Crippen LogP contribution in [-0.4, -0.2) is 43.7 Å². The quantitative estimate of drug-likeness (QED) is 0.498. The minimum absolute atomic E-state index is 0.146. The highest BCUT2D eigenvalue weighted by atomic mass is 35.5. The van der Waals surface area contributed by atoms with Gasteiger partial charge in [-0.15, -0.1) is 0 Å². The number of hydrogen-bond donors (Lipinski definition) is 0. The van der Waals surface area contributed by atoms with Gasteiger partial charge >= 0.3 is 0 Å². The van der Waals surface area contributed by atoms with E-state index in [0.29, 0.717) is 54.1 Å². The third-order valence-corrected chi connectivity index (χ3v) is 6.48. The van der Waals surface area contributed by atoms with Gasteiger partial charge in [0.15, 0.2) is 0 Å². The maximum Gasteiger partial charge on any atom is 0.254 e. The monoisotopic (exact) mass is 451 g/mol. The lowest BCUT2D eigenvalue weighted by Gasteiger charge is -2.27. The fraction of sp³-hybridized carbons (Fsp3) is 0.318. The molecule has 0 aliphatic carbocycles. The number of morpholine rings is 1. The Morgan fingerprint density at radius 1 is 1.21 bits per heavy atom. The van der Waals surface area contributed by atoms with Crippen LogP contribution in [0.2, 0.25) is 10.0 Å². The third kappa shape index (κ3) is 5.48. The zero-order valence-corrected chi connectivity index (χ0v) is 18.6. The predicted molar refractivity (Wildman–Crippen MR) is 119 cm³/mol. The maximum absolute atomic E-state index is 12.7. The highest BCUT2D eigenvalue weighted by Gasteiger charge is 2.23. The molecule has 0 radical (unpaired) electrons. The van der Waals surface area contributed by atoms with Crippen LogP contribution in [0.1, 0.15) is 18.9 Å². The number of halogens is 2. The fourth-order valence-corrected chi connectivity index (χ4v) is 4.41. The fourth-order valence-electron chi connectivity index (χ4n) is 2.89. The van der Waals surface area contributed by atoms with Crippen molar-refractivity contribution in [3.05, 3.63) is 58.6 Å². The number of benzene rings is 2. The lowest BCUT2D eigenvalue weighted by atomic mass is 10.1. The Hall–Kier alpha value is -1.66. The van der Waals surface area contributed by atoms with Crippen molar-refractivity contribution in [2.45, 2.75) is 23.1 Å². The number of amides is 1. The molecule has 2 aromatic rings. The maximum atomic E-state index is 12.7. The van der Waals surface area contributed by atoms with Gasteiger partial charge in [0.1, 0.15) is 5.75 Å². The second-order valence-corrected chi connectivity index (χ2v) is 8.42. The van der Waals surface area contributed by atoms with Crippen LogP contribution in [0.4, 0.5) is 0 Å². The van der Waals surface area contributed by atoms with Gasteiger partial charge in [0, 0.05) is 34.0 Å². The summed E-state index contributed by atoms with van der Waals surface area (Å²) in [5.41, 5.74) is 0.892. The molecule has 0 atom stereocenters. The molecule has 0 aromatic heterocycles. The van der Waals surface area contributed by atoms with Gasteiger partial charge in [0.05, 0.1) is 29.9 Å². The van der Waals surface area contributed by atoms with E-state index in [-0.39, 0.29) is 5.91 Å². The van der Waals surface area contributed by atoms with E-state index in [9.17, 15) is 4.79 Å². The average Bonchev–Trinajstić information content (AvgIpc) is 2.75. The molecule has 1 heterocycles. The van der Waals surface area contributed by atoms with E-state index in [0.717, 1.165) is 22.0 Å². The molecule has 0 unspecified atom stereocenters. The van der Waals surface area contributed by atoms with E-state index in [1.807, 2.05) is 30.3 Å². The number of hydrogen-bond acceptors (Lipinski definition) is 4. The molecular weight excluding hydrogens is 429 g/mol. The van der Waals surface area contributed by atoms with Gasteiger partial charge in [-0.2, -0.15) is 0 Å². The smallest absolute Gasteiger partial charge is 0.254 e. The Balaban J connectivity index is 1.77. The zero-order valence-electron chi connectivity index (χ0n) is 16.2. The standard InChI is InChI=1S/C22H23Cl2NO3S/c1-3-11-28-16-5-4-6-17(14-16)29-19-8-7-18(20(23)21(19)24)15(2)22(26)25-9-12-27-13-10-25/h4-8,14H,2-3,9-13H2,1H3. The first kappa shape index (κ1) is 22.0. The Morgan fingerprint density at radius 2 is 1.97 bits per heavy atom. The van der Waals surface area contributed by atoms with Gasteiger partial charge in [-0.1, -0.05) is 60.6 Å². The SMILES string of the molecule is C=C(C(=O)N1CCOCC1)c1ccc(Sc2cccc(OCCC)c2)c(Cl)c1Cl. The molecule has 1 amide bonds. The first-order valence-corrected chi connectivity index (χ1v) is 11.0. The summed E-state index contributed by atoms with van der Waals surface area (Å²) in [5, 5.41) is 0.742. The van der Waals surface area contributed by atoms with Crippen molar-refractivity contribution in [2.24, 2.45) is 0 Å². The van der Waals surface area contributed by atoms with E-state index >= 15 is 0 Å². The van der Waals surface area contributed by atoms with Crippen LogP contribution in [0.3, 0.4) is 0 Å². The van der Waals surface area contributed by atoms with Crippen molar-refractivity contribution in [3.63, 3.8) is 0 Å². The Bertz CT molecular complexity index is 898. The van der Waals surface area contributed by atoms with Crippen molar-refractivity contribution in [1.29, 1.82) is 0 Å². The Morgan fingerprint density at radius 3 is 2.69 bits per heavy atom. The van der Waals surface area contributed by atoms with Crippen molar-refractivity contribution in [3.8, 4) is 5.75 Å². The number of nitrogens with zero attached hydrogens (tertiary/aromatic N) is 1. The molecule has 0 bridgehead atoms. The van der Waals surface area contributed by atoms with E-state index in [2.05, 4.69) is 13.5 Å². The van der Waals surface area contributed by atoms with Gasteiger partial charge in [0.25, 0.3) is 5.91 Å². The third-order valence-electron chi connectivity index (χ3n) is 4.43. The Labute approximate surface area is 185 Å². The van der Waals surface area contributed by atoms with Crippen LogP contribution in [0.5, 0.6) is 5.75 Å². The number of rotatable bonds is 7. The van der Waals surface area contributed by atoms with E-state index in [4.69, 9.17) is 32.7 Å². The average molecular weight is 452 g/mol. The molecule has 3 rings (SSSR count). The van der Waals surface area contributed by atoms with E-state index in [1.165, 1.54) is 11.8 Å². The predicted octanol–water partition coefficient (Wildman–Crippen LogP) is 5.81. The second kappa shape index (κ2) is 10.4. The minimum Gasteiger partial charge on any atom is -0.494 e. The summed E-state index contributed by atoms with van der Waals surface area (Å²) in [5.74, 6) is 0.674. The largest absolute Gasteiger partial charge is 0.494 e. The lowest BCUT2D eigenvalue weighted by Crippen LogP contribution is -2.40. The van der Waals surface area contributed by atoms with Crippen molar-refractivity contribution in [2.75, 3.05) is 32.9 Å². The van der Waals surface area contributed by atoms with Gasteiger partial charge in [-0.25, -0.2) is 0 Å². The summed E-state index contributed by atoms with van der Waals surface area (Å²) >= 11 is 14.5. The first-order chi connectivity index (χ1) is 14.0.